The maximum Gasteiger partial charge on any atom is 0.359 e. The number of aromatic nitrogens is 4. The van der Waals surface area contributed by atoms with E-state index in [-0.39, 0.29) is 11.6 Å². The van der Waals surface area contributed by atoms with Crippen molar-refractivity contribution in [1.29, 1.82) is 0 Å². The Hall–Kier alpha value is -3.13. The Morgan fingerprint density at radius 3 is 2.80 bits per heavy atom. The summed E-state index contributed by atoms with van der Waals surface area (Å²) in [5, 5.41) is 9.84. The molecule has 4 aromatic rings. The summed E-state index contributed by atoms with van der Waals surface area (Å²) in [6, 6.07) is 11.1. The van der Waals surface area contributed by atoms with Gasteiger partial charge in [-0.1, -0.05) is 18.2 Å². The molecule has 3 aromatic heterocycles. The zero-order valence-electron chi connectivity index (χ0n) is 13.1. The predicted molar refractivity (Wildman–Crippen MR) is 91.0 cm³/mol. The zero-order chi connectivity index (χ0) is 17.2. The highest BCUT2D eigenvalue weighted by Gasteiger charge is 2.21. The predicted octanol–water partition coefficient (Wildman–Crippen LogP) is 3.66. The molecule has 0 N–H and O–H groups in total. The molecule has 124 valence electrons. The van der Waals surface area contributed by atoms with Crippen LogP contribution < -0.4 is 0 Å². The second-order valence-electron chi connectivity index (χ2n) is 5.21. The lowest BCUT2D eigenvalue weighted by Gasteiger charge is -2.09. The van der Waals surface area contributed by atoms with Crippen LogP contribution in [0, 0.1) is 0 Å². The van der Waals surface area contributed by atoms with Gasteiger partial charge in [-0.15, -0.1) is 21.5 Å². The zero-order valence-corrected chi connectivity index (χ0v) is 13.9. The lowest BCUT2D eigenvalue weighted by Crippen LogP contribution is -2.11. The van der Waals surface area contributed by atoms with Crippen molar-refractivity contribution in [2.45, 2.75) is 13.0 Å². The molecule has 0 aliphatic carbocycles. The maximum atomic E-state index is 12.3. The van der Waals surface area contributed by atoms with E-state index in [0.29, 0.717) is 16.9 Å². The van der Waals surface area contributed by atoms with Crippen molar-refractivity contribution in [3.05, 3.63) is 59.6 Å². The molecule has 3 heterocycles. The van der Waals surface area contributed by atoms with Crippen molar-refractivity contribution in [3.63, 3.8) is 0 Å². The number of para-hydroxylation sites is 2. The average Bonchev–Trinajstić information content (AvgIpc) is 3.32. The normalized spacial score (nSPS) is 12.2. The largest absolute Gasteiger partial charge is 0.448 e. The van der Waals surface area contributed by atoms with Gasteiger partial charge in [0, 0.05) is 0 Å². The van der Waals surface area contributed by atoms with Crippen molar-refractivity contribution in [1.82, 2.24) is 20.2 Å². The minimum Gasteiger partial charge on any atom is -0.448 e. The molecule has 0 amide bonds. The van der Waals surface area contributed by atoms with Crippen LogP contribution >= 0.6 is 11.3 Å². The quantitative estimate of drug-likeness (QED) is 0.518. The third-order valence-electron chi connectivity index (χ3n) is 3.46. The molecule has 0 saturated carbocycles. The van der Waals surface area contributed by atoms with Crippen LogP contribution in [0.25, 0.3) is 21.8 Å². The third kappa shape index (κ3) is 3.11. The molecule has 0 spiro atoms. The van der Waals surface area contributed by atoms with E-state index in [1.165, 1.54) is 17.5 Å². The molecule has 0 saturated heterocycles. The highest BCUT2D eigenvalue weighted by atomic mass is 32.1. The molecule has 25 heavy (non-hydrogen) atoms. The van der Waals surface area contributed by atoms with E-state index in [0.717, 1.165) is 4.88 Å². The van der Waals surface area contributed by atoms with Gasteiger partial charge in [-0.2, -0.15) is 0 Å². The molecular formula is C17H12N4O3S. The summed E-state index contributed by atoms with van der Waals surface area (Å²) in [6.07, 6.45) is 0.699. The fraction of sp³-hybridized carbons (Fsp3) is 0.118. The van der Waals surface area contributed by atoms with E-state index >= 15 is 0 Å². The average molecular weight is 352 g/mol. The summed E-state index contributed by atoms with van der Waals surface area (Å²) >= 11 is 1.49. The topological polar surface area (TPSA) is 91.0 Å². The molecule has 4 rings (SSSR count). The molecule has 7 nitrogen and oxygen atoms in total. The smallest absolute Gasteiger partial charge is 0.359 e. The number of ether oxygens (including phenoxy) is 1. The van der Waals surface area contributed by atoms with Gasteiger partial charge in [-0.3, -0.25) is 4.98 Å². The molecule has 1 atom stereocenters. The number of carbonyl (C=O) groups excluding carboxylic acids is 1. The number of thiophene rings is 1. The number of esters is 1. The number of benzene rings is 1. The highest BCUT2D eigenvalue weighted by Crippen LogP contribution is 2.26. The highest BCUT2D eigenvalue weighted by molar-refractivity contribution is 7.13. The first-order valence-corrected chi connectivity index (χ1v) is 8.39. The van der Waals surface area contributed by atoms with Crippen LogP contribution in [0.2, 0.25) is 0 Å². The van der Waals surface area contributed by atoms with E-state index in [1.54, 1.807) is 13.0 Å². The van der Waals surface area contributed by atoms with Crippen LogP contribution in [0.1, 0.15) is 29.4 Å². The van der Waals surface area contributed by atoms with Crippen molar-refractivity contribution in [2.75, 3.05) is 0 Å². The number of rotatable bonds is 4. The minimum atomic E-state index is -0.693. The van der Waals surface area contributed by atoms with Gasteiger partial charge in [-0.25, -0.2) is 9.78 Å². The van der Waals surface area contributed by atoms with Gasteiger partial charge in [0.2, 0.25) is 0 Å². The SMILES string of the molecule is CC(OC(=O)c1cnc2ccccc2n1)c1nnc(-c2cccs2)o1. The Morgan fingerprint density at radius 2 is 2.00 bits per heavy atom. The minimum absolute atomic E-state index is 0.128. The molecule has 0 bridgehead atoms. The van der Waals surface area contributed by atoms with Crippen LogP contribution in [0.3, 0.4) is 0 Å². The summed E-state index contributed by atoms with van der Waals surface area (Å²) in [5.74, 6) is 0.0329. The van der Waals surface area contributed by atoms with Gasteiger partial charge >= 0.3 is 5.97 Å². The fourth-order valence-electron chi connectivity index (χ4n) is 2.23. The monoisotopic (exact) mass is 352 g/mol. The second-order valence-corrected chi connectivity index (χ2v) is 6.16. The molecule has 0 aliphatic heterocycles. The number of hydrogen-bond donors (Lipinski definition) is 0. The number of nitrogens with zero attached hydrogens (tertiary/aromatic N) is 4. The van der Waals surface area contributed by atoms with Crippen molar-refractivity contribution >= 4 is 28.3 Å². The van der Waals surface area contributed by atoms with Crippen LogP contribution in [-0.4, -0.2) is 26.1 Å². The number of carbonyl (C=O) groups is 1. The van der Waals surface area contributed by atoms with Crippen molar-refractivity contribution in [2.24, 2.45) is 0 Å². The third-order valence-corrected chi connectivity index (χ3v) is 4.32. The lowest BCUT2D eigenvalue weighted by molar-refractivity contribution is 0.0273. The summed E-state index contributed by atoms with van der Waals surface area (Å²) in [6.45, 7) is 1.66. The van der Waals surface area contributed by atoms with Gasteiger partial charge < -0.3 is 9.15 Å². The fourth-order valence-corrected chi connectivity index (χ4v) is 2.87. The van der Waals surface area contributed by atoms with E-state index in [9.17, 15) is 4.79 Å². The standard InChI is InChI=1S/C17H12N4O3S/c1-10(15-20-21-16(24-15)14-7-4-8-25-14)23-17(22)13-9-18-11-5-2-3-6-12(11)19-13/h2-10H,1H3. The first-order chi connectivity index (χ1) is 12.2. The van der Waals surface area contributed by atoms with Gasteiger partial charge in [0.15, 0.2) is 11.8 Å². The molecule has 0 radical (unpaired) electrons. The summed E-state index contributed by atoms with van der Waals surface area (Å²) in [4.78, 5) is 21.6. The Labute approximate surface area is 146 Å². The van der Waals surface area contributed by atoms with E-state index in [1.807, 2.05) is 35.7 Å². The first kappa shape index (κ1) is 15.4. The molecule has 0 aliphatic rings. The number of fused-ring (bicyclic) bond motifs is 1. The Morgan fingerprint density at radius 1 is 1.16 bits per heavy atom. The second kappa shape index (κ2) is 6.40. The molecule has 8 heteroatoms. The first-order valence-electron chi connectivity index (χ1n) is 7.51. The Bertz CT molecular complexity index is 1030. The van der Waals surface area contributed by atoms with Gasteiger partial charge in [0.25, 0.3) is 11.8 Å². The van der Waals surface area contributed by atoms with Crippen LogP contribution in [-0.2, 0) is 4.74 Å². The summed E-state index contributed by atoms with van der Waals surface area (Å²) in [5.41, 5.74) is 1.47. The summed E-state index contributed by atoms with van der Waals surface area (Å²) in [7, 11) is 0. The molecule has 0 fully saturated rings. The number of hydrogen-bond acceptors (Lipinski definition) is 8. The Kier molecular flexibility index (Phi) is 3.95. The van der Waals surface area contributed by atoms with Crippen LogP contribution in [0.4, 0.5) is 0 Å². The van der Waals surface area contributed by atoms with Gasteiger partial charge in [0.05, 0.1) is 22.1 Å². The van der Waals surface area contributed by atoms with Crippen LogP contribution in [0.5, 0.6) is 0 Å². The molecular weight excluding hydrogens is 340 g/mol. The summed E-state index contributed by atoms with van der Waals surface area (Å²) < 4.78 is 10.9. The molecule has 1 unspecified atom stereocenters. The molecule has 1 aromatic carbocycles. The van der Waals surface area contributed by atoms with E-state index < -0.39 is 12.1 Å². The lowest BCUT2D eigenvalue weighted by atomic mass is 10.3. The van der Waals surface area contributed by atoms with Crippen molar-refractivity contribution in [3.8, 4) is 10.8 Å². The Balaban J connectivity index is 1.51. The van der Waals surface area contributed by atoms with Crippen molar-refractivity contribution < 1.29 is 13.9 Å². The van der Waals surface area contributed by atoms with Gasteiger partial charge in [0.1, 0.15) is 0 Å². The van der Waals surface area contributed by atoms with Gasteiger partial charge in [-0.05, 0) is 30.5 Å². The van der Waals surface area contributed by atoms with E-state index in [4.69, 9.17) is 9.15 Å². The van der Waals surface area contributed by atoms with E-state index in [2.05, 4.69) is 20.2 Å². The van der Waals surface area contributed by atoms with Crippen LogP contribution in [0.15, 0.2) is 52.4 Å². The maximum absolute atomic E-state index is 12.3.